The van der Waals surface area contributed by atoms with Gasteiger partial charge in [0.25, 0.3) is 15.9 Å². The van der Waals surface area contributed by atoms with E-state index in [1.165, 1.54) is 12.1 Å². The van der Waals surface area contributed by atoms with Crippen LogP contribution in [0.25, 0.3) is 0 Å². The lowest BCUT2D eigenvalue weighted by Crippen LogP contribution is -2.22. The molecule has 29 heavy (non-hydrogen) atoms. The second-order valence-corrected chi connectivity index (χ2v) is 9.06. The number of anilines is 1. The van der Waals surface area contributed by atoms with Crippen LogP contribution in [0.4, 0.5) is 5.13 Å². The summed E-state index contributed by atoms with van der Waals surface area (Å²) in [6.07, 6.45) is 0. The molecule has 0 spiro atoms. The minimum atomic E-state index is -3.77. The van der Waals surface area contributed by atoms with Crippen molar-refractivity contribution in [2.45, 2.75) is 25.3 Å². The van der Waals surface area contributed by atoms with E-state index in [4.69, 9.17) is 4.74 Å². The number of thiazole rings is 1. The lowest BCUT2D eigenvalue weighted by Gasteiger charge is -2.06. The highest BCUT2D eigenvalue weighted by Gasteiger charge is 2.20. The average Bonchev–Trinajstić information content (AvgIpc) is 3.06. The van der Waals surface area contributed by atoms with Crippen LogP contribution in [0.2, 0.25) is 0 Å². The number of aromatic nitrogens is 1. The summed E-state index contributed by atoms with van der Waals surface area (Å²) in [5.74, 6) is 0.431. The summed E-state index contributed by atoms with van der Waals surface area (Å²) < 4.78 is 32.6. The number of amides is 1. The van der Waals surface area contributed by atoms with Gasteiger partial charge in [0.2, 0.25) is 0 Å². The monoisotopic (exact) mass is 431 g/mol. The SMILES string of the molecule is COc1ccc(CNC(=O)c2sc(NS(=O)(=O)c3ccc(C)cc3)nc2C)cc1. The number of methoxy groups -OCH3 is 1. The maximum Gasteiger partial charge on any atom is 0.263 e. The first-order valence-electron chi connectivity index (χ1n) is 8.76. The number of ether oxygens (including phenoxy) is 1. The van der Waals surface area contributed by atoms with Crippen LogP contribution in [0.5, 0.6) is 5.75 Å². The molecule has 1 heterocycles. The summed E-state index contributed by atoms with van der Waals surface area (Å²) in [5.41, 5.74) is 2.34. The fourth-order valence-corrected chi connectivity index (χ4v) is 4.67. The van der Waals surface area contributed by atoms with Crippen molar-refractivity contribution in [3.05, 3.63) is 70.2 Å². The molecule has 2 N–H and O–H groups in total. The number of nitrogens with zero attached hydrogens (tertiary/aromatic N) is 1. The van der Waals surface area contributed by atoms with Gasteiger partial charge < -0.3 is 10.1 Å². The Kier molecular flexibility index (Phi) is 6.19. The minimum Gasteiger partial charge on any atom is -0.497 e. The normalized spacial score (nSPS) is 11.1. The van der Waals surface area contributed by atoms with E-state index in [-0.39, 0.29) is 15.9 Å². The lowest BCUT2D eigenvalue weighted by molar-refractivity contribution is 0.0954. The molecule has 0 saturated heterocycles. The highest BCUT2D eigenvalue weighted by Crippen LogP contribution is 2.25. The van der Waals surface area contributed by atoms with Crippen LogP contribution in [0.3, 0.4) is 0 Å². The highest BCUT2D eigenvalue weighted by atomic mass is 32.2. The summed E-state index contributed by atoms with van der Waals surface area (Å²) in [6.45, 7) is 3.89. The Bertz CT molecular complexity index is 1110. The molecular formula is C20H21N3O4S2. The minimum absolute atomic E-state index is 0.140. The third-order valence-corrected chi connectivity index (χ3v) is 6.72. The predicted molar refractivity (Wildman–Crippen MR) is 113 cm³/mol. The van der Waals surface area contributed by atoms with Crippen molar-refractivity contribution in [3.63, 3.8) is 0 Å². The van der Waals surface area contributed by atoms with Crippen molar-refractivity contribution in [3.8, 4) is 5.75 Å². The second kappa shape index (κ2) is 8.62. The first-order chi connectivity index (χ1) is 13.8. The number of aryl methyl sites for hydroxylation is 2. The second-order valence-electron chi connectivity index (χ2n) is 6.38. The third-order valence-electron chi connectivity index (χ3n) is 4.17. The fourth-order valence-electron chi connectivity index (χ4n) is 2.55. The van der Waals surface area contributed by atoms with Crippen LogP contribution in [-0.2, 0) is 16.6 Å². The van der Waals surface area contributed by atoms with Crippen molar-refractivity contribution >= 4 is 32.4 Å². The molecule has 0 aliphatic carbocycles. The molecule has 7 nitrogen and oxygen atoms in total. The van der Waals surface area contributed by atoms with Gasteiger partial charge in [-0.25, -0.2) is 13.4 Å². The van der Waals surface area contributed by atoms with Gasteiger partial charge >= 0.3 is 0 Å². The molecule has 0 aliphatic rings. The van der Waals surface area contributed by atoms with E-state index in [0.29, 0.717) is 17.1 Å². The zero-order valence-electron chi connectivity index (χ0n) is 16.2. The highest BCUT2D eigenvalue weighted by molar-refractivity contribution is 7.93. The summed E-state index contributed by atoms with van der Waals surface area (Å²) in [5, 5.41) is 2.97. The Labute approximate surface area is 173 Å². The molecule has 0 aliphatic heterocycles. The van der Waals surface area contributed by atoms with Crippen LogP contribution in [0, 0.1) is 13.8 Å². The van der Waals surface area contributed by atoms with E-state index in [0.717, 1.165) is 28.2 Å². The number of sulfonamides is 1. The molecule has 9 heteroatoms. The maximum absolute atomic E-state index is 12.5. The molecule has 0 bridgehead atoms. The number of hydrogen-bond donors (Lipinski definition) is 2. The first-order valence-corrected chi connectivity index (χ1v) is 11.1. The topological polar surface area (TPSA) is 97.4 Å². The molecule has 3 aromatic rings. The van der Waals surface area contributed by atoms with Gasteiger partial charge in [0.1, 0.15) is 10.6 Å². The average molecular weight is 432 g/mol. The van der Waals surface area contributed by atoms with Gasteiger partial charge in [-0.2, -0.15) is 0 Å². The molecule has 0 unspecified atom stereocenters. The van der Waals surface area contributed by atoms with Gasteiger partial charge in [-0.05, 0) is 43.7 Å². The van der Waals surface area contributed by atoms with Crippen LogP contribution in [0.15, 0.2) is 53.4 Å². The van der Waals surface area contributed by atoms with Gasteiger partial charge in [-0.1, -0.05) is 41.2 Å². The molecule has 1 aromatic heterocycles. The van der Waals surface area contributed by atoms with E-state index in [1.807, 2.05) is 31.2 Å². The summed E-state index contributed by atoms with van der Waals surface area (Å²) >= 11 is 1.00. The Morgan fingerprint density at radius 2 is 1.72 bits per heavy atom. The quantitative estimate of drug-likeness (QED) is 0.597. The Morgan fingerprint density at radius 1 is 1.07 bits per heavy atom. The molecule has 3 rings (SSSR count). The summed E-state index contributed by atoms with van der Waals surface area (Å²) in [4.78, 5) is 17.2. The summed E-state index contributed by atoms with van der Waals surface area (Å²) in [6, 6.07) is 13.9. The van der Waals surface area contributed by atoms with Gasteiger partial charge in [0, 0.05) is 6.54 Å². The molecule has 0 atom stereocenters. The Morgan fingerprint density at radius 3 is 2.34 bits per heavy atom. The standard InChI is InChI=1S/C20H21N3O4S2/c1-13-4-10-17(11-5-13)29(25,26)23-20-22-14(2)18(28-20)19(24)21-12-15-6-8-16(27-3)9-7-15/h4-11H,12H2,1-3H3,(H,21,24)(H,22,23). The maximum atomic E-state index is 12.5. The number of carbonyl (C=O) groups excluding carboxylic acids is 1. The van der Waals surface area contributed by atoms with Gasteiger partial charge in [-0.3, -0.25) is 9.52 Å². The molecule has 2 aromatic carbocycles. The smallest absolute Gasteiger partial charge is 0.263 e. The number of hydrogen-bond acceptors (Lipinski definition) is 6. The molecule has 0 saturated carbocycles. The predicted octanol–water partition coefficient (Wildman–Crippen LogP) is 3.50. The Hall–Kier alpha value is -2.91. The van der Waals surface area contributed by atoms with E-state index in [9.17, 15) is 13.2 Å². The van der Waals surface area contributed by atoms with E-state index >= 15 is 0 Å². The number of rotatable bonds is 7. The van der Waals surface area contributed by atoms with Crippen molar-refractivity contribution in [1.29, 1.82) is 0 Å². The van der Waals surface area contributed by atoms with Gasteiger partial charge in [-0.15, -0.1) is 0 Å². The molecular weight excluding hydrogens is 410 g/mol. The van der Waals surface area contributed by atoms with Crippen LogP contribution in [-0.4, -0.2) is 26.4 Å². The number of nitrogens with one attached hydrogen (secondary N) is 2. The largest absolute Gasteiger partial charge is 0.497 e. The first kappa shape index (κ1) is 20.8. The molecule has 0 fully saturated rings. The van der Waals surface area contributed by atoms with Crippen LogP contribution >= 0.6 is 11.3 Å². The molecule has 0 radical (unpaired) electrons. The van der Waals surface area contributed by atoms with E-state index in [1.54, 1.807) is 26.2 Å². The molecule has 1 amide bonds. The van der Waals surface area contributed by atoms with Crippen molar-refractivity contribution in [1.82, 2.24) is 10.3 Å². The molecule has 152 valence electrons. The number of benzene rings is 2. The fraction of sp³-hybridized carbons (Fsp3) is 0.200. The van der Waals surface area contributed by atoms with Crippen molar-refractivity contribution in [2.75, 3.05) is 11.8 Å². The van der Waals surface area contributed by atoms with Crippen LogP contribution in [0.1, 0.15) is 26.5 Å². The Balaban J connectivity index is 1.68. The lowest BCUT2D eigenvalue weighted by atomic mass is 10.2. The van der Waals surface area contributed by atoms with Crippen LogP contribution < -0.4 is 14.8 Å². The third kappa shape index (κ3) is 5.12. The zero-order valence-corrected chi connectivity index (χ0v) is 17.9. The zero-order chi connectivity index (χ0) is 21.0. The van der Waals surface area contributed by atoms with E-state index in [2.05, 4.69) is 15.0 Å². The van der Waals surface area contributed by atoms with Crippen molar-refractivity contribution in [2.24, 2.45) is 0 Å². The summed E-state index contributed by atoms with van der Waals surface area (Å²) in [7, 11) is -2.18. The number of carbonyl (C=O) groups is 1. The van der Waals surface area contributed by atoms with Crippen molar-refractivity contribution < 1.29 is 17.9 Å². The van der Waals surface area contributed by atoms with Gasteiger partial charge in [0.05, 0.1) is 17.7 Å². The van der Waals surface area contributed by atoms with E-state index < -0.39 is 10.0 Å². The van der Waals surface area contributed by atoms with Gasteiger partial charge in [0.15, 0.2) is 5.13 Å².